The molecule has 0 aliphatic carbocycles. The van der Waals surface area contributed by atoms with Crippen LogP contribution in [0.1, 0.15) is 11.1 Å². The third-order valence-electron chi connectivity index (χ3n) is 3.17. The molecule has 2 rings (SSSR count). The molecule has 0 radical (unpaired) electrons. The van der Waals surface area contributed by atoms with E-state index in [2.05, 4.69) is 5.32 Å². The van der Waals surface area contributed by atoms with Gasteiger partial charge in [-0.1, -0.05) is 6.07 Å². The summed E-state index contributed by atoms with van der Waals surface area (Å²) in [6.07, 6.45) is 0. The molecule has 5 nitrogen and oxygen atoms in total. The lowest BCUT2D eigenvalue weighted by atomic mass is 10.1. The van der Waals surface area contributed by atoms with Crippen molar-refractivity contribution < 1.29 is 14.1 Å². The van der Waals surface area contributed by atoms with Crippen LogP contribution in [-0.4, -0.2) is 12.0 Å². The van der Waals surface area contributed by atoms with Crippen molar-refractivity contribution in [3.63, 3.8) is 0 Å². The fourth-order valence-corrected chi connectivity index (χ4v) is 1.97. The Kier molecular flexibility index (Phi) is 4.37. The molecule has 0 aliphatic rings. The maximum Gasteiger partial charge on any atom is 0.312 e. The molecular formula is C15H15FN2O3. The molecule has 0 fully saturated rings. The normalized spacial score (nSPS) is 10.2. The Morgan fingerprint density at radius 2 is 2.05 bits per heavy atom. The number of ether oxygens (including phenoxy) is 1. The number of hydrogen-bond acceptors (Lipinski definition) is 4. The van der Waals surface area contributed by atoms with E-state index in [-0.39, 0.29) is 17.3 Å². The van der Waals surface area contributed by atoms with Gasteiger partial charge in [0.1, 0.15) is 5.82 Å². The van der Waals surface area contributed by atoms with Crippen LogP contribution in [0, 0.1) is 22.9 Å². The fraction of sp³-hybridized carbons (Fsp3) is 0.200. The number of nitro benzene ring substituents is 1. The number of hydrogen-bond donors (Lipinski definition) is 1. The number of nitrogens with zero attached hydrogens (tertiary/aromatic N) is 1. The van der Waals surface area contributed by atoms with Gasteiger partial charge in [0, 0.05) is 18.3 Å². The smallest absolute Gasteiger partial charge is 0.312 e. The topological polar surface area (TPSA) is 64.4 Å². The van der Waals surface area contributed by atoms with Crippen LogP contribution in [0.3, 0.4) is 0 Å². The van der Waals surface area contributed by atoms with Crippen LogP contribution in [0.4, 0.5) is 15.8 Å². The van der Waals surface area contributed by atoms with Crippen molar-refractivity contribution in [3.05, 3.63) is 63.5 Å². The zero-order valence-corrected chi connectivity index (χ0v) is 11.7. The number of methoxy groups -OCH3 is 1. The van der Waals surface area contributed by atoms with Gasteiger partial charge in [-0.05, 0) is 42.3 Å². The maximum absolute atomic E-state index is 13.2. The molecule has 110 valence electrons. The molecule has 1 N–H and O–H groups in total. The largest absolute Gasteiger partial charge is 0.490 e. The van der Waals surface area contributed by atoms with Crippen LogP contribution in [0.2, 0.25) is 0 Å². The molecule has 0 saturated carbocycles. The predicted octanol–water partition coefficient (Wildman–Crippen LogP) is 3.66. The molecule has 0 bridgehead atoms. The summed E-state index contributed by atoms with van der Waals surface area (Å²) in [7, 11) is 1.38. The van der Waals surface area contributed by atoms with Crippen LogP contribution in [-0.2, 0) is 6.54 Å². The quantitative estimate of drug-likeness (QED) is 0.674. The Morgan fingerprint density at radius 3 is 2.71 bits per heavy atom. The van der Waals surface area contributed by atoms with Gasteiger partial charge in [0.15, 0.2) is 5.75 Å². The molecule has 0 saturated heterocycles. The second-order valence-corrected chi connectivity index (χ2v) is 4.57. The molecule has 6 heteroatoms. The van der Waals surface area contributed by atoms with Crippen molar-refractivity contribution in [3.8, 4) is 5.75 Å². The van der Waals surface area contributed by atoms with Crippen molar-refractivity contribution in [2.24, 2.45) is 0 Å². The first-order valence-corrected chi connectivity index (χ1v) is 6.32. The third kappa shape index (κ3) is 3.47. The van der Waals surface area contributed by atoms with Crippen LogP contribution in [0.5, 0.6) is 5.75 Å². The van der Waals surface area contributed by atoms with Gasteiger partial charge in [-0.25, -0.2) is 4.39 Å². The summed E-state index contributed by atoms with van der Waals surface area (Å²) in [4.78, 5) is 10.5. The lowest BCUT2D eigenvalue weighted by Crippen LogP contribution is -2.03. The van der Waals surface area contributed by atoms with E-state index in [1.54, 1.807) is 12.1 Å². The Bertz CT molecular complexity index is 674. The van der Waals surface area contributed by atoms with Gasteiger partial charge in [0.05, 0.1) is 12.0 Å². The Morgan fingerprint density at radius 1 is 1.29 bits per heavy atom. The number of rotatable bonds is 5. The number of nitrogens with one attached hydrogen (secondary N) is 1. The molecule has 0 aromatic heterocycles. The van der Waals surface area contributed by atoms with E-state index >= 15 is 0 Å². The molecule has 0 spiro atoms. The Labute approximate surface area is 121 Å². The van der Waals surface area contributed by atoms with E-state index in [9.17, 15) is 14.5 Å². The highest BCUT2D eigenvalue weighted by Crippen LogP contribution is 2.29. The summed E-state index contributed by atoms with van der Waals surface area (Å²) in [5.74, 6) is -0.106. The SMILES string of the molecule is COc1ccc(NCc2cc(F)ccc2C)cc1[N+](=O)[O-]. The fourth-order valence-electron chi connectivity index (χ4n) is 1.97. The van der Waals surface area contributed by atoms with Gasteiger partial charge in [-0.2, -0.15) is 0 Å². The highest BCUT2D eigenvalue weighted by molar-refractivity contribution is 5.58. The number of nitro groups is 1. The van der Waals surface area contributed by atoms with E-state index in [0.29, 0.717) is 12.2 Å². The van der Waals surface area contributed by atoms with Crippen LogP contribution in [0.15, 0.2) is 36.4 Å². The van der Waals surface area contributed by atoms with Crippen molar-refractivity contribution >= 4 is 11.4 Å². The minimum atomic E-state index is -0.503. The number of halogens is 1. The average molecular weight is 290 g/mol. The van der Waals surface area contributed by atoms with Crippen molar-refractivity contribution in [2.75, 3.05) is 12.4 Å². The highest BCUT2D eigenvalue weighted by Gasteiger charge is 2.15. The second-order valence-electron chi connectivity index (χ2n) is 4.57. The lowest BCUT2D eigenvalue weighted by molar-refractivity contribution is -0.385. The van der Waals surface area contributed by atoms with E-state index in [1.165, 1.54) is 31.4 Å². The summed E-state index contributed by atoms with van der Waals surface area (Å²) < 4.78 is 18.1. The molecule has 21 heavy (non-hydrogen) atoms. The van der Waals surface area contributed by atoms with Crippen molar-refractivity contribution in [1.82, 2.24) is 0 Å². The molecule has 0 unspecified atom stereocenters. The molecule has 0 aliphatic heterocycles. The first-order valence-electron chi connectivity index (χ1n) is 6.32. The predicted molar refractivity (Wildman–Crippen MR) is 78.1 cm³/mol. The number of benzene rings is 2. The molecule has 0 heterocycles. The van der Waals surface area contributed by atoms with Crippen LogP contribution >= 0.6 is 0 Å². The Balaban J connectivity index is 2.18. The summed E-state index contributed by atoms with van der Waals surface area (Å²) in [5.41, 5.74) is 2.21. The van der Waals surface area contributed by atoms with Gasteiger partial charge in [0.2, 0.25) is 0 Å². The minimum Gasteiger partial charge on any atom is -0.490 e. The number of anilines is 1. The van der Waals surface area contributed by atoms with Gasteiger partial charge in [0.25, 0.3) is 0 Å². The molecule has 0 amide bonds. The van der Waals surface area contributed by atoms with E-state index in [4.69, 9.17) is 4.74 Å². The average Bonchev–Trinajstić information content (AvgIpc) is 2.47. The third-order valence-corrected chi connectivity index (χ3v) is 3.17. The van der Waals surface area contributed by atoms with Crippen molar-refractivity contribution in [2.45, 2.75) is 13.5 Å². The van der Waals surface area contributed by atoms with Crippen LogP contribution < -0.4 is 10.1 Å². The van der Waals surface area contributed by atoms with Gasteiger partial charge in [-0.3, -0.25) is 10.1 Å². The zero-order chi connectivity index (χ0) is 15.4. The molecular weight excluding hydrogens is 275 g/mol. The monoisotopic (exact) mass is 290 g/mol. The van der Waals surface area contributed by atoms with Gasteiger partial charge >= 0.3 is 5.69 Å². The van der Waals surface area contributed by atoms with Crippen LogP contribution in [0.25, 0.3) is 0 Å². The first-order chi connectivity index (χ1) is 10.0. The standard InChI is InChI=1S/C15H15FN2O3/c1-10-3-4-12(16)7-11(10)9-17-13-5-6-15(21-2)14(8-13)18(19)20/h3-8,17H,9H2,1-2H3. The summed E-state index contributed by atoms with van der Waals surface area (Å²) in [6.45, 7) is 2.26. The van der Waals surface area contributed by atoms with E-state index in [0.717, 1.165) is 11.1 Å². The molecule has 2 aromatic carbocycles. The molecule has 2 aromatic rings. The van der Waals surface area contributed by atoms with Gasteiger partial charge < -0.3 is 10.1 Å². The summed E-state index contributed by atoms with van der Waals surface area (Å²) in [6, 6.07) is 9.15. The minimum absolute atomic E-state index is 0.113. The Hall–Kier alpha value is -2.63. The zero-order valence-electron chi connectivity index (χ0n) is 11.7. The van der Waals surface area contributed by atoms with E-state index < -0.39 is 4.92 Å². The van der Waals surface area contributed by atoms with Crippen molar-refractivity contribution in [1.29, 1.82) is 0 Å². The van der Waals surface area contributed by atoms with Gasteiger partial charge in [-0.15, -0.1) is 0 Å². The molecule has 0 atom stereocenters. The summed E-state index contributed by atoms with van der Waals surface area (Å²) in [5, 5.41) is 14.0. The number of aryl methyl sites for hydroxylation is 1. The summed E-state index contributed by atoms with van der Waals surface area (Å²) >= 11 is 0. The first kappa shape index (κ1) is 14.8. The maximum atomic E-state index is 13.2. The lowest BCUT2D eigenvalue weighted by Gasteiger charge is -2.10. The van der Waals surface area contributed by atoms with E-state index in [1.807, 2.05) is 6.92 Å². The second kappa shape index (κ2) is 6.21. The highest BCUT2D eigenvalue weighted by atomic mass is 19.1.